The Morgan fingerprint density at radius 2 is 2.35 bits per heavy atom. The van der Waals surface area contributed by atoms with Crippen LogP contribution in [0.15, 0.2) is 24.3 Å². The summed E-state index contributed by atoms with van der Waals surface area (Å²) in [6, 6.07) is 7.15. The lowest BCUT2D eigenvalue weighted by Crippen LogP contribution is -2.51. The van der Waals surface area contributed by atoms with Crippen LogP contribution < -0.4 is 15.4 Å². The Morgan fingerprint density at radius 3 is 3.10 bits per heavy atom. The van der Waals surface area contributed by atoms with Gasteiger partial charge in [-0.15, -0.1) is 0 Å². The van der Waals surface area contributed by atoms with Gasteiger partial charge in [-0.05, 0) is 6.07 Å². The molecule has 0 aromatic heterocycles. The number of para-hydroxylation sites is 1. The first-order valence-corrected chi connectivity index (χ1v) is 6.71. The van der Waals surface area contributed by atoms with E-state index < -0.39 is 0 Å². The molecule has 1 atom stereocenters. The first-order valence-electron chi connectivity index (χ1n) is 6.71. The maximum absolute atomic E-state index is 12.0. The number of aliphatic hydroxyl groups is 1. The highest BCUT2D eigenvalue weighted by Gasteiger charge is 2.20. The van der Waals surface area contributed by atoms with Gasteiger partial charge in [0.15, 0.2) is 0 Å². The molecule has 0 spiro atoms. The number of amides is 1. The van der Waals surface area contributed by atoms with Crippen LogP contribution in [0.5, 0.6) is 5.75 Å². The monoisotopic (exact) mass is 280 g/mol. The molecule has 1 aromatic rings. The Hall–Kier alpha value is -1.63. The number of hydrogen-bond acceptors (Lipinski definition) is 5. The van der Waals surface area contributed by atoms with Gasteiger partial charge < -0.3 is 25.2 Å². The Morgan fingerprint density at radius 1 is 1.50 bits per heavy atom. The van der Waals surface area contributed by atoms with Crippen LogP contribution in [-0.4, -0.2) is 50.0 Å². The van der Waals surface area contributed by atoms with E-state index in [4.69, 9.17) is 14.6 Å². The molecule has 1 heterocycles. The summed E-state index contributed by atoms with van der Waals surface area (Å²) in [5.74, 6) is 0.594. The van der Waals surface area contributed by atoms with E-state index in [1.807, 2.05) is 24.3 Å². The summed E-state index contributed by atoms with van der Waals surface area (Å²) in [4.78, 5) is 12.0. The molecule has 0 unspecified atom stereocenters. The average molecular weight is 280 g/mol. The van der Waals surface area contributed by atoms with Gasteiger partial charge in [-0.2, -0.15) is 0 Å². The number of morpholine rings is 1. The highest BCUT2D eigenvalue weighted by molar-refractivity contribution is 5.82. The maximum Gasteiger partial charge on any atom is 0.239 e. The number of carbonyl (C=O) groups excluding carboxylic acids is 1. The van der Waals surface area contributed by atoms with Crippen LogP contribution in [-0.2, 0) is 16.1 Å². The van der Waals surface area contributed by atoms with Gasteiger partial charge in [0.2, 0.25) is 5.91 Å². The first kappa shape index (κ1) is 14.8. The quantitative estimate of drug-likeness (QED) is 0.664. The summed E-state index contributed by atoms with van der Waals surface area (Å²) in [5, 5.41) is 14.8. The van der Waals surface area contributed by atoms with Crippen molar-refractivity contribution in [1.82, 2.24) is 10.6 Å². The van der Waals surface area contributed by atoms with Crippen molar-refractivity contribution in [3.63, 3.8) is 0 Å². The van der Waals surface area contributed by atoms with Crippen LogP contribution in [0.1, 0.15) is 5.56 Å². The number of aliphatic hydroxyl groups excluding tert-OH is 1. The summed E-state index contributed by atoms with van der Waals surface area (Å²) in [5.41, 5.74) is 0.881. The second-order valence-corrected chi connectivity index (χ2v) is 4.48. The Kier molecular flexibility index (Phi) is 5.79. The molecule has 3 N–H and O–H groups in total. The molecule has 0 saturated carbocycles. The molecule has 2 rings (SSSR count). The van der Waals surface area contributed by atoms with Gasteiger partial charge in [0.1, 0.15) is 18.4 Å². The van der Waals surface area contributed by atoms with Gasteiger partial charge in [0.25, 0.3) is 0 Å². The van der Waals surface area contributed by atoms with Crippen LogP contribution in [0, 0.1) is 0 Å². The smallest absolute Gasteiger partial charge is 0.239 e. The second-order valence-electron chi connectivity index (χ2n) is 4.48. The first-order chi connectivity index (χ1) is 9.81. The van der Waals surface area contributed by atoms with Crippen molar-refractivity contribution >= 4 is 5.91 Å². The molecule has 0 bridgehead atoms. The Labute approximate surface area is 118 Å². The Balaban J connectivity index is 1.87. The summed E-state index contributed by atoms with van der Waals surface area (Å²) in [7, 11) is 0. The van der Waals surface area contributed by atoms with Crippen LogP contribution in [0.25, 0.3) is 0 Å². The number of nitrogens with one attached hydrogen (secondary N) is 2. The van der Waals surface area contributed by atoms with E-state index in [0.717, 1.165) is 5.56 Å². The standard InChI is InChI=1S/C14H20N2O4/c17-6-8-20-13-4-2-1-3-11(13)9-16-14(18)12-10-19-7-5-15-12/h1-4,12,15,17H,5-10H2,(H,16,18)/t12-/m0/s1. The normalized spacial score (nSPS) is 18.6. The molecule has 1 saturated heterocycles. The summed E-state index contributed by atoms with van der Waals surface area (Å²) in [6.45, 7) is 2.32. The lowest BCUT2D eigenvalue weighted by atomic mass is 10.2. The zero-order chi connectivity index (χ0) is 14.2. The molecule has 1 aliphatic rings. The fraction of sp³-hybridized carbons (Fsp3) is 0.500. The second kappa shape index (κ2) is 7.84. The SMILES string of the molecule is O=C(NCc1ccccc1OCCO)[C@@H]1COCCN1. The number of rotatable bonds is 6. The van der Waals surface area contributed by atoms with Crippen molar-refractivity contribution in [1.29, 1.82) is 0 Å². The van der Waals surface area contributed by atoms with E-state index in [1.54, 1.807) is 0 Å². The van der Waals surface area contributed by atoms with E-state index in [2.05, 4.69) is 10.6 Å². The average Bonchev–Trinajstić information content (AvgIpc) is 2.52. The molecule has 6 nitrogen and oxygen atoms in total. The lowest BCUT2D eigenvalue weighted by Gasteiger charge is -2.23. The molecule has 20 heavy (non-hydrogen) atoms. The van der Waals surface area contributed by atoms with Crippen LogP contribution in [0.4, 0.5) is 0 Å². The van der Waals surface area contributed by atoms with Gasteiger partial charge in [-0.25, -0.2) is 0 Å². The zero-order valence-corrected chi connectivity index (χ0v) is 11.3. The maximum atomic E-state index is 12.0. The fourth-order valence-electron chi connectivity index (χ4n) is 1.99. The summed E-state index contributed by atoms with van der Waals surface area (Å²) >= 11 is 0. The van der Waals surface area contributed by atoms with Crippen LogP contribution >= 0.6 is 0 Å². The van der Waals surface area contributed by atoms with E-state index in [-0.39, 0.29) is 25.2 Å². The molecular formula is C14H20N2O4. The summed E-state index contributed by atoms with van der Waals surface area (Å²) in [6.07, 6.45) is 0. The minimum Gasteiger partial charge on any atom is -0.491 e. The van der Waals surface area contributed by atoms with E-state index in [0.29, 0.717) is 32.1 Å². The molecule has 0 aliphatic carbocycles. The predicted molar refractivity (Wildman–Crippen MR) is 73.5 cm³/mol. The number of hydrogen-bond donors (Lipinski definition) is 3. The zero-order valence-electron chi connectivity index (χ0n) is 11.3. The molecular weight excluding hydrogens is 260 g/mol. The third-order valence-corrected chi connectivity index (χ3v) is 3.01. The molecule has 110 valence electrons. The van der Waals surface area contributed by atoms with Gasteiger partial charge >= 0.3 is 0 Å². The molecule has 1 aliphatic heterocycles. The fourth-order valence-corrected chi connectivity index (χ4v) is 1.99. The molecule has 1 aromatic carbocycles. The summed E-state index contributed by atoms with van der Waals surface area (Å²) < 4.78 is 10.7. The van der Waals surface area contributed by atoms with Gasteiger partial charge in [-0.1, -0.05) is 18.2 Å². The van der Waals surface area contributed by atoms with Crippen molar-refractivity contribution in [2.24, 2.45) is 0 Å². The van der Waals surface area contributed by atoms with Crippen molar-refractivity contribution in [3.05, 3.63) is 29.8 Å². The third kappa shape index (κ3) is 4.19. The molecule has 1 fully saturated rings. The van der Waals surface area contributed by atoms with Crippen molar-refractivity contribution < 1.29 is 19.4 Å². The van der Waals surface area contributed by atoms with E-state index in [1.165, 1.54) is 0 Å². The van der Waals surface area contributed by atoms with E-state index >= 15 is 0 Å². The Bertz CT molecular complexity index is 433. The van der Waals surface area contributed by atoms with Gasteiger partial charge in [0, 0.05) is 18.7 Å². The largest absolute Gasteiger partial charge is 0.491 e. The van der Waals surface area contributed by atoms with Crippen molar-refractivity contribution in [2.75, 3.05) is 33.0 Å². The van der Waals surface area contributed by atoms with Crippen molar-refractivity contribution in [2.45, 2.75) is 12.6 Å². The molecule has 6 heteroatoms. The number of benzene rings is 1. The van der Waals surface area contributed by atoms with E-state index in [9.17, 15) is 4.79 Å². The lowest BCUT2D eigenvalue weighted by molar-refractivity contribution is -0.126. The van der Waals surface area contributed by atoms with Gasteiger partial charge in [-0.3, -0.25) is 4.79 Å². The molecule has 0 radical (unpaired) electrons. The predicted octanol–water partition coefficient (Wildman–Crippen LogP) is -0.338. The van der Waals surface area contributed by atoms with Crippen LogP contribution in [0.2, 0.25) is 0 Å². The highest BCUT2D eigenvalue weighted by atomic mass is 16.5. The topological polar surface area (TPSA) is 79.8 Å². The third-order valence-electron chi connectivity index (χ3n) is 3.01. The highest BCUT2D eigenvalue weighted by Crippen LogP contribution is 2.17. The minimum atomic E-state index is -0.297. The minimum absolute atomic E-state index is 0.0377. The van der Waals surface area contributed by atoms with Crippen molar-refractivity contribution in [3.8, 4) is 5.75 Å². The molecule has 1 amide bonds. The van der Waals surface area contributed by atoms with Crippen LogP contribution in [0.3, 0.4) is 0 Å². The van der Waals surface area contributed by atoms with Gasteiger partial charge in [0.05, 0.1) is 19.8 Å². The number of carbonyl (C=O) groups is 1. The number of ether oxygens (including phenoxy) is 2.